The lowest BCUT2D eigenvalue weighted by molar-refractivity contribution is 0.0948. The Labute approximate surface area is 122 Å². The second kappa shape index (κ2) is 5.32. The average Bonchev–Trinajstić information content (AvgIpc) is 2.91. The van der Waals surface area contributed by atoms with Crippen molar-refractivity contribution in [2.75, 3.05) is 0 Å². The van der Waals surface area contributed by atoms with Crippen molar-refractivity contribution in [2.45, 2.75) is 6.54 Å². The maximum Gasteiger partial charge on any atom is 0.255 e. The zero-order valence-electron chi connectivity index (χ0n) is 11.7. The molecule has 21 heavy (non-hydrogen) atoms. The fourth-order valence-corrected chi connectivity index (χ4v) is 2.38. The second-order valence-electron chi connectivity index (χ2n) is 4.98. The summed E-state index contributed by atoms with van der Waals surface area (Å²) < 4.78 is 1.94. The molecule has 0 spiro atoms. The number of aromatic nitrogens is 1. The van der Waals surface area contributed by atoms with Gasteiger partial charge in [0.1, 0.15) is 5.75 Å². The molecule has 106 valence electrons. The van der Waals surface area contributed by atoms with Crippen LogP contribution in [-0.4, -0.2) is 15.6 Å². The number of benzene rings is 2. The number of aromatic hydroxyl groups is 1. The first-order valence-corrected chi connectivity index (χ1v) is 6.76. The SMILES string of the molecule is Cn1cccc1CNC(=O)c1ccc2ccccc2c1O. The molecule has 0 radical (unpaired) electrons. The van der Waals surface area contributed by atoms with Crippen molar-refractivity contribution in [1.82, 2.24) is 9.88 Å². The number of nitrogens with one attached hydrogen (secondary N) is 1. The van der Waals surface area contributed by atoms with E-state index in [2.05, 4.69) is 5.32 Å². The minimum Gasteiger partial charge on any atom is -0.506 e. The van der Waals surface area contributed by atoms with Crippen molar-refractivity contribution in [3.8, 4) is 5.75 Å². The molecule has 0 aliphatic rings. The third kappa shape index (κ3) is 2.48. The lowest BCUT2D eigenvalue weighted by Crippen LogP contribution is -2.23. The number of nitrogens with zero attached hydrogens (tertiary/aromatic N) is 1. The molecular weight excluding hydrogens is 264 g/mol. The van der Waals surface area contributed by atoms with Crippen LogP contribution in [0.15, 0.2) is 54.7 Å². The van der Waals surface area contributed by atoms with Crippen LogP contribution in [0.4, 0.5) is 0 Å². The lowest BCUT2D eigenvalue weighted by atomic mass is 10.0. The molecule has 4 heteroatoms. The monoisotopic (exact) mass is 280 g/mol. The Hall–Kier alpha value is -2.75. The zero-order chi connectivity index (χ0) is 14.8. The fourth-order valence-electron chi connectivity index (χ4n) is 2.38. The molecule has 0 unspecified atom stereocenters. The smallest absolute Gasteiger partial charge is 0.255 e. The summed E-state index contributed by atoms with van der Waals surface area (Å²) in [7, 11) is 1.93. The number of carbonyl (C=O) groups excluding carboxylic acids is 1. The van der Waals surface area contributed by atoms with Gasteiger partial charge in [-0.1, -0.05) is 30.3 Å². The van der Waals surface area contributed by atoms with Crippen LogP contribution in [0.2, 0.25) is 0 Å². The van der Waals surface area contributed by atoms with E-state index in [4.69, 9.17) is 0 Å². The Balaban J connectivity index is 1.85. The van der Waals surface area contributed by atoms with Gasteiger partial charge in [0, 0.05) is 24.3 Å². The number of phenols is 1. The first-order valence-electron chi connectivity index (χ1n) is 6.76. The van der Waals surface area contributed by atoms with Gasteiger partial charge in [0.15, 0.2) is 0 Å². The van der Waals surface area contributed by atoms with Gasteiger partial charge in [0.05, 0.1) is 12.1 Å². The van der Waals surface area contributed by atoms with Gasteiger partial charge in [0.2, 0.25) is 0 Å². The highest BCUT2D eigenvalue weighted by Gasteiger charge is 2.13. The summed E-state index contributed by atoms with van der Waals surface area (Å²) >= 11 is 0. The van der Waals surface area contributed by atoms with Crippen LogP contribution in [-0.2, 0) is 13.6 Å². The van der Waals surface area contributed by atoms with E-state index in [-0.39, 0.29) is 11.7 Å². The van der Waals surface area contributed by atoms with E-state index in [1.807, 2.05) is 54.2 Å². The summed E-state index contributed by atoms with van der Waals surface area (Å²) in [6.07, 6.45) is 1.93. The number of carbonyl (C=O) groups is 1. The van der Waals surface area contributed by atoms with Crippen molar-refractivity contribution in [2.24, 2.45) is 7.05 Å². The normalized spacial score (nSPS) is 10.7. The van der Waals surface area contributed by atoms with E-state index in [0.717, 1.165) is 11.1 Å². The third-order valence-electron chi connectivity index (χ3n) is 3.63. The Bertz CT molecular complexity index is 805. The number of rotatable bonds is 3. The summed E-state index contributed by atoms with van der Waals surface area (Å²) in [6.45, 7) is 0.425. The van der Waals surface area contributed by atoms with Crippen LogP contribution >= 0.6 is 0 Å². The number of hydrogen-bond acceptors (Lipinski definition) is 2. The maximum absolute atomic E-state index is 12.2. The first kappa shape index (κ1) is 13.2. The molecule has 0 bridgehead atoms. The van der Waals surface area contributed by atoms with Gasteiger partial charge in [-0.05, 0) is 23.6 Å². The molecule has 0 fully saturated rings. The molecular formula is C17H16N2O2. The van der Waals surface area contributed by atoms with Crippen molar-refractivity contribution in [3.63, 3.8) is 0 Å². The van der Waals surface area contributed by atoms with Crippen molar-refractivity contribution < 1.29 is 9.90 Å². The number of aryl methyl sites for hydroxylation is 1. The van der Waals surface area contributed by atoms with Crippen LogP contribution in [0.1, 0.15) is 16.1 Å². The molecule has 2 aromatic carbocycles. The number of hydrogen-bond donors (Lipinski definition) is 2. The quantitative estimate of drug-likeness (QED) is 0.775. The molecule has 1 aromatic heterocycles. The molecule has 3 rings (SSSR count). The van der Waals surface area contributed by atoms with Crippen LogP contribution in [0.5, 0.6) is 5.75 Å². The van der Waals surface area contributed by atoms with Crippen LogP contribution in [0.25, 0.3) is 10.8 Å². The van der Waals surface area contributed by atoms with Gasteiger partial charge in [-0.25, -0.2) is 0 Å². The minimum atomic E-state index is -0.278. The number of fused-ring (bicyclic) bond motifs is 1. The van der Waals surface area contributed by atoms with Crippen molar-refractivity contribution >= 4 is 16.7 Å². The number of phenolic OH excluding ortho intramolecular Hbond substituents is 1. The lowest BCUT2D eigenvalue weighted by Gasteiger charge is -2.09. The Morgan fingerprint density at radius 3 is 2.71 bits per heavy atom. The zero-order valence-corrected chi connectivity index (χ0v) is 11.7. The third-order valence-corrected chi connectivity index (χ3v) is 3.63. The minimum absolute atomic E-state index is 0.0254. The first-order chi connectivity index (χ1) is 10.2. The van der Waals surface area contributed by atoms with E-state index in [0.29, 0.717) is 17.5 Å². The Morgan fingerprint density at radius 1 is 1.14 bits per heavy atom. The van der Waals surface area contributed by atoms with Gasteiger partial charge in [-0.3, -0.25) is 4.79 Å². The highest BCUT2D eigenvalue weighted by atomic mass is 16.3. The van der Waals surface area contributed by atoms with E-state index < -0.39 is 0 Å². The van der Waals surface area contributed by atoms with E-state index in [1.165, 1.54) is 0 Å². The molecule has 1 heterocycles. The van der Waals surface area contributed by atoms with Gasteiger partial charge < -0.3 is 15.0 Å². The predicted molar refractivity (Wildman–Crippen MR) is 82.2 cm³/mol. The molecule has 0 atom stereocenters. The molecule has 0 saturated heterocycles. The van der Waals surface area contributed by atoms with Crippen LogP contribution in [0.3, 0.4) is 0 Å². The van der Waals surface area contributed by atoms with Gasteiger partial charge in [0.25, 0.3) is 5.91 Å². The summed E-state index contributed by atoms with van der Waals surface area (Å²) in [5, 5.41) is 14.7. The summed E-state index contributed by atoms with van der Waals surface area (Å²) in [6, 6.07) is 14.8. The molecule has 0 aliphatic carbocycles. The van der Waals surface area contributed by atoms with Crippen LogP contribution < -0.4 is 5.32 Å². The largest absolute Gasteiger partial charge is 0.506 e. The van der Waals surface area contributed by atoms with Gasteiger partial charge in [-0.15, -0.1) is 0 Å². The Morgan fingerprint density at radius 2 is 1.95 bits per heavy atom. The molecule has 2 N–H and O–H groups in total. The standard InChI is InChI=1S/C17H16N2O2/c1-19-10-4-6-13(19)11-18-17(21)15-9-8-12-5-2-3-7-14(12)16(15)20/h2-10,20H,11H2,1H3,(H,18,21). The van der Waals surface area contributed by atoms with Crippen molar-refractivity contribution in [1.29, 1.82) is 0 Å². The number of amides is 1. The molecule has 0 aliphatic heterocycles. The predicted octanol–water partition coefficient (Wildman–Crippen LogP) is 2.81. The highest BCUT2D eigenvalue weighted by molar-refractivity contribution is 6.03. The van der Waals surface area contributed by atoms with Crippen molar-refractivity contribution in [3.05, 3.63) is 66.0 Å². The molecule has 4 nitrogen and oxygen atoms in total. The average molecular weight is 280 g/mol. The highest BCUT2D eigenvalue weighted by Crippen LogP contribution is 2.28. The summed E-state index contributed by atoms with van der Waals surface area (Å²) in [4.78, 5) is 12.2. The summed E-state index contributed by atoms with van der Waals surface area (Å²) in [5.74, 6) is -0.253. The topological polar surface area (TPSA) is 54.3 Å². The van der Waals surface area contributed by atoms with E-state index in [9.17, 15) is 9.90 Å². The molecule has 1 amide bonds. The second-order valence-corrected chi connectivity index (χ2v) is 4.98. The molecule has 3 aromatic rings. The summed E-state index contributed by atoms with van der Waals surface area (Å²) in [5.41, 5.74) is 1.30. The fraction of sp³-hybridized carbons (Fsp3) is 0.118. The maximum atomic E-state index is 12.2. The van der Waals surface area contributed by atoms with Gasteiger partial charge in [-0.2, -0.15) is 0 Å². The van der Waals surface area contributed by atoms with E-state index >= 15 is 0 Å². The molecule has 0 saturated carbocycles. The van der Waals surface area contributed by atoms with E-state index in [1.54, 1.807) is 12.1 Å². The van der Waals surface area contributed by atoms with Crippen LogP contribution in [0, 0.1) is 0 Å². The van der Waals surface area contributed by atoms with Gasteiger partial charge >= 0.3 is 0 Å². The Kier molecular flexibility index (Phi) is 3.36.